The van der Waals surface area contributed by atoms with Crippen LogP contribution in [-0.4, -0.2) is 0 Å². The standard InChI is InChI=1S/CH2Br.2W/c1-2;;/h1H2;;/q-1;;. The van der Waals surface area contributed by atoms with Crippen LogP contribution >= 0.6 is 15.9 Å². The molecule has 0 aromatic heterocycles. The van der Waals surface area contributed by atoms with E-state index in [1.807, 2.05) is 0 Å². The fourth-order valence-corrected chi connectivity index (χ4v) is 0. The first-order chi connectivity index (χ1) is 1.00. The maximum absolute atomic E-state index is 3.06. The van der Waals surface area contributed by atoms with Crippen molar-refractivity contribution in [3.05, 3.63) is 5.83 Å². The van der Waals surface area contributed by atoms with E-state index < -0.39 is 0 Å². The minimum absolute atomic E-state index is 0. The van der Waals surface area contributed by atoms with Gasteiger partial charge < -0.3 is 15.9 Å². The Morgan fingerprint density at radius 3 is 1.00 bits per heavy atom. The maximum Gasteiger partial charge on any atom is 0 e. The molecule has 3 heteroatoms. The van der Waals surface area contributed by atoms with Gasteiger partial charge in [0.15, 0.2) is 0 Å². The second-order valence-electron chi connectivity index (χ2n) is 0. The first-order valence-electron chi connectivity index (χ1n) is 0.267. The molecule has 0 atom stereocenters. The van der Waals surface area contributed by atoms with Crippen molar-refractivity contribution >= 4 is 15.9 Å². The van der Waals surface area contributed by atoms with Gasteiger partial charge in [-0.1, -0.05) is 0 Å². The molecule has 0 N–H and O–H groups in total. The Morgan fingerprint density at radius 1 is 1.00 bits per heavy atom. The molecule has 0 unspecified atom stereocenters. The van der Waals surface area contributed by atoms with Crippen molar-refractivity contribution in [2.24, 2.45) is 0 Å². The monoisotopic (exact) mass is 461 g/mol. The van der Waals surface area contributed by atoms with Crippen LogP contribution in [0.3, 0.4) is 0 Å². The van der Waals surface area contributed by atoms with Crippen LogP contribution in [0.25, 0.3) is 0 Å². The van der Waals surface area contributed by atoms with Crippen molar-refractivity contribution in [1.82, 2.24) is 0 Å². The molecule has 0 aliphatic heterocycles. The van der Waals surface area contributed by atoms with Gasteiger partial charge in [-0.05, 0) is 0 Å². The molecule has 0 amide bonds. The summed E-state index contributed by atoms with van der Waals surface area (Å²) in [5.41, 5.74) is 0. The van der Waals surface area contributed by atoms with E-state index in [1.54, 1.807) is 0 Å². The quantitative estimate of drug-likeness (QED) is 0.475. The van der Waals surface area contributed by atoms with Gasteiger partial charge in [-0.3, -0.25) is 5.83 Å². The minimum atomic E-state index is 0. The van der Waals surface area contributed by atoms with Crippen molar-refractivity contribution in [3.63, 3.8) is 0 Å². The van der Waals surface area contributed by atoms with Crippen LogP contribution in [-0.2, 0) is 42.1 Å². The molecular weight excluding hydrogens is 460 g/mol. The summed E-state index contributed by atoms with van der Waals surface area (Å²) in [6.45, 7) is 0. The van der Waals surface area contributed by atoms with Crippen molar-refractivity contribution in [2.75, 3.05) is 0 Å². The summed E-state index contributed by atoms with van der Waals surface area (Å²) < 4.78 is 0. The average molecular weight is 462 g/mol. The summed E-state index contributed by atoms with van der Waals surface area (Å²) in [7, 11) is 0. The topological polar surface area (TPSA) is 0 Å². The fourth-order valence-electron chi connectivity index (χ4n) is 0. The Kier molecular flexibility index (Phi) is 88.7. The molecule has 0 aromatic rings. The maximum atomic E-state index is 3.06. The molecule has 0 heterocycles. The van der Waals surface area contributed by atoms with E-state index in [0.717, 1.165) is 0 Å². The molecule has 0 aliphatic rings. The molecule has 0 saturated heterocycles. The van der Waals surface area contributed by atoms with Crippen molar-refractivity contribution in [2.45, 2.75) is 0 Å². The van der Waals surface area contributed by atoms with Crippen LogP contribution in [0.4, 0.5) is 0 Å². The molecule has 0 rings (SSSR count). The predicted octanol–water partition coefficient (Wildman–Crippen LogP) is 1.17. The van der Waals surface area contributed by atoms with Crippen molar-refractivity contribution in [3.8, 4) is 0 Å². The van der Waals surface area contributed by atoms with Gasteiger partial charge in [0.2, 0.25) is 0 Å². The SMILES string of the molecule is [CH2-]Br.[W].[W]. The third kappa shape index (κ3) is 9.13. The summed E-state index contributed by atoms with van der Waals surface area (Å²) in [4.78, 5) is 0. The van der Waals surface area contributed by atoms with Gasteiger partial charge in [-0.25, -0.2) is 0 Å². The molecule has 0 spiro atoms. The second kappa shape index (κ2) is 21.0. The van der Waals surface area contributed by atoms with E-state index in [-0.39, 0.29) is 42.1 Å². The number of rotatable bonds is 0. The normalized spacial score (nSPS) is 1.50. The van der Waals surface area contributed by atoms with Crippen molar-refractivity contribution < 1.29 is 42.1 Å². The molecule has 0 nitrogen and oxygen atoms in total. The molecular formula is CH2BrW2-. The summed E-state index contributed by atoms with van der Waals surface area (Å²) in [6.07, 6.45) is 0. The van der Waals surface area contributed by atoms with Gasteiger partial charge in [0.05, 0.1) is 0 Å². The van der Waals surface area contributed by atoms with Crippen LogP contribution in [0.1, 0.15) is 0 Å². The van der Waals surface area contributed by atoms with Crippen LogP contribution in [0, 0.1) is 5.83 Å². The summed E-state index contributed by atoms with van der Waals surface area (Å²) in [5.74, 6) is 3.06. The van der Waals surface area contributed by atoms with E-state index in [4.69, 9.17) is 0 Å². The van der Waals surface area contributed by atoms with Crippen LogP contribution in [0.15, 0.2) is 0 Å². The zero-order valence-corrected chi connectivity index (χ0v) is 9.35. The Hall–Kier alpha value is 1.86. The van der Waals surface area contributed by atoms with E-state index >= 15 is 0 Å². The first kappa shape index (κ1) is 16.9. The average Bonchev–Trinajstić information content (AvgIpc) is 1.00. The molecule has 4 heavy (non-hydrogen) atoms. The molecule has 0 aliphatic carbocycles. The minimum Gasteiger partial charge on any atom is -0.323 e. The molecule has 0 fully saturated rings. The second-order valence-corrected chi connectivity index (χ2v) is 0. The van der Waals surface area contributed by atoms with E-state index in [9.17, 15) is 0 Å². The third-order valence-corrected chi connectivity index (χ3v) is 0. The van der Waals surface area contributed by atoms with Gasteiger partial charge in [0.25, 0.3) is 0 Å². The van der Waals surface area contributed by atoms with Gasteiger partial charge in [0, 0.05) is 42.1 Å². The molecule has 0 radical (unpaired) electrons. The Labute approximate surface area is 63.4 Å². The third-order valence-electron chi connectivity index (χ3n) is 0. The number of halogens is 1. The smallest absolute Gasteiger partial charge is 0 e. The molecule has 26 valence electrons. The molecule has 0 bridgehead atoms. The van der Waals surface area contributed by atoms with Gasteiger partial charge >= 0.3 is 0 Å². The Balaban J connectivity index is -0.00000000500. The zero-order chi connectivity index (χ0) is 2.00. The fraction of sp³-hybridized carbons (Fsp3) is 0. The van der Waals surface area contributed by atoms with Crippen LogP contribution in [0.5, 0.6) is 0 Å². The van der Waals surface area contributed by atoms with E-state index in [2.05, 4.69) is 21.8 Å². The Bertz CT molecular complexity index is 6.00. The van der Waals surface area contributed by atoms with Gasteiger partial charge in [0.1, 0.15) is 0 Å². The number of hydrogen-bond acceptors (Lipinski definition) is 0. The molecule has 0 aromatic carbocycles. The zero-order valence-electron chi connectivity index (χ0n) is 1.90. The van der Waals surface area contributed by atoms with E-state index in [1.165, 1.54) is 0 Å². The summed E-state index contributed by atoms with van der Waals surface area (Å²) >= 11 is 2.69. The first-order valence-corrected chi connectivity index (χ1v) is 1.39. The Morgan fingerprint density at radius 2 is 1.00 bits per heavy atom. The van der Waals surface area contributed by atoms with Crippen molar-refractivity contribution in [1.29, 1.82) is 0 Å². The van der Waals surface area contributed by atoms with Crippen LogP contribution < -0.4 is 0 Å². The summed E-state index contributed by atoms with van der Waals surface area (Å²) in [6, 6.07) is 0. The predicted molar refractivity (Wildman–Crippen MR) is 14.3 cm³/mol. The molecule has 0 saturated carbocycles. The number of hydrogen-bond donors (Lipinski definition) is 0. The van der Waals surface area contributed by atoms with Gasteiger partial charge in [-0.15, -0.1) is 0 Å². The largest absolute Gasteiger partial charge is 0.323 e. The van der Waals surface area contributed by atoms with Crippen LogP contribution in [0.2, 0.25) is 0 Å². The van der Waals surface area contributed by atoms with Gasteiger partial charge in [-0.2, -0.15) is 0 Å². The van der Waals surface area contributed by atoms with E-state index in [0.29, 0.717) is 0 Å². The summed E-state index contributed by atoms with van der Waals surface area (Å²) in [5, 5.41) is 0.